The van der Waals surface area contributed by atoms with Gasteiger partial charge in [0.15, 0.2) is 5.49 Å². The van der Waals surface area contributed by atoms with Crippen LogP contribution in [0.4, 0.5) is 5.69 Å². The number of nitrogens with zero attached hydrogens (tertiary/aromatic N) is 2. The first-order valence-corrected chi connectivity index (χ1v) is 12.4. The van der Waals surface area contributed by atoms with Gasteiger partial charge in [0.2, 0.25) is 5.91 Å². The van der Waals surface area contributed by atoms with E-state index in [9.17, 15) is 4.79 Å². The number of anilines is 1. The number of aromatic amines is 1. The summed E-state index contributed by atoms with van der Waals surface area (Å²) in [6.07, 6.45) is 4.60. The van der Waals surface area contributed by atoms with Gasteiger partial charge in [0.05, 0.1) is 22.3 Å². The maximum absolute atomic E-state index is 11.5. The number of ether oxygens (including phenoxy) is 1. The van der Waals surface area contributed by atoms with E-state index in [1.54, 1.807) is 0 Å². The van der Waals surface area contributed by atoms with Gasteiger partial charge in [-0.05, 0) is 74.1 Å². The SMILES string of the molecule is CC(=O)NC(C)(C)c1ccc(Oc2nc3c([nH]2)=CC(Cl)C(c2ccc(NCC4CC4)cc2)N=3)cc1. The highest BCUT2D eigenvalue weighted by Gasteiger charge is 2.24. The Balaban J connectivity index is 1.30. The van der Waals surface area contributed by atoms with Crippen LogP contribution in [0, 0.1) is 5.92 Å². The highest BCUT2D eigenvalue weighted by Crippen LogP contribution is 2.31. The quantitative estimate of drug-likeness (QED) is 0.413. The number of carbonyl (C=O) groups excluding carboxylic acids is 1. The molecule has 182 valence electrons. The number of aromatic nitrogens is 2. The molecule has 0 bridgehead atoms. The van der Waals surface area contributed by atoms with Crippen molar-refractivity contribution in [2.45, 2.75) is 50.6 Å². The molecule has 1 amide bonds. The number of carbonyl (C=O) groups is 1. The van der Waals surface area contributed by atoms with Crippen LogP contribution in [0.5, 0.6) is 11.8 Å². The molecule has 2 unspecified atom stereocenters. The second kappa shape index (κ2) is 9.38. The first kappa shape index (κ1) is 23.4. The lowest BCUT2D eigenvalue weighted by Gasteiger charge is -2.26. The monoisotopic (exact) mass is 491 g/mol. The van der Waals surface area contributed by atoms with Gasteiger partial charge >= 0.3 is 6.01 Å². The first-order valence-electron chi connectivity index (χ1n) is 12.0. The van der Waals surface area contributed by atoms with Crippen molar-refractivity contribution < 1.29 is 9.53 Å². The number of hydrogen-bond acceptors (Lipinski definition) is 5. The van der Waals surface area contributed by atoms with Gasteiger partial charge in [-0.15, -0.1) is 11.6 Å². The summed E-state index contributed by atoms with van der Waals surface area (Å²) < 4.78 is 5.94. The normalized spacial score (nSPS) is 19.2. The summed E-state index contributed by atoms with van der Waals surface area (Å²) in [6, 6.07) is 16.0. The second-order valence-corrected chi connectivity index (χ2v) is 10.3. The summed E-state index contributed by atoms with van der Waals surface area (Å²) in [5, 5.41) is 6.89. The van der Waals surface area contributed by atoms with E-state index in [4.69, 9.17) is 21.3 Å². The van der Waals surface area contributed by atoms with E-state index in [0.717, 1.165) is 34.6 Å². The Morgan fingerprint density at radius 1 is 1.14 bits per heavy atom. The molecule has 35 heavy (non-hydrogen) atoms. The Hall–Kier alpha value is -3.32. The molecular weight excluding hydrogens is 462 g/mol. The van der Waals surface area contributed by atoms with E-state index in [-0.39, 0.29) is 17.3 Å². The number of benzene rings is 2. The molecule has 2 aliphatic rings. The van der Waals surface area contributed by atoms with Gasteiger partial charge in [-0.25, -0.2) is 0 Å². The number of H-pyrrole nitrogens is 1. The Morgan fingerprint density at radius 3 is 2.51 bits per heavy atom. The fourth-order valence-electron chi connectivity index (χ4n) is 4.28. The van der Waals surface area contributed by atoms with E-state index in [1.165, 1.54) is 19.8 Å². The fourth-order valence-corrected chi connectivity index (χ4v) is 4.60. The molecule has 1 aliphatic carbocycles. The minimum Gasteiger partial charge on any atom is -0.426 e. The summed E-state index contributed by atoms with van der Waals surface area (Å²) in [5.41, 5.74) is 3.25. The minimum atomic E-state index is -0.474. The summed E-state index contributed by atoms with van der Waals surface area (Å²) in [5.74, 6) is 1.38. The van der Waals surface area contributed by atoms with Crippen molar-refractivity contribution in [1.29, 1.82) is 0 Å². The van der Waals surface area contributed by atoms with Crippen molar-refractivity contribution in [3.05, 3.63) is 70.5 Å². The molecule has 1 fully saturated rings. The van der Waals surface area contributed by atoms with Crippen molar-refractivity contribution in [2.75, 3.05) is 11.9 Å². The number of halogens is 1. The van der Waals surface area contributed by atoms with Crippen LogP contribution in [-0.4, -0.2) is 27.8 Å². The fraction of sp³-hybridized carbons (Fsp3) is 0.370. The van der Waals surface area contributed by atoms with Crippen molar-refractivity contribution in [3.8, 4) is 11.8 Å². The average molecular weight is 492 g/mol. The molecule has 3 aromatic rings. The molecule has 0 spiro atoms. The molecule has 8 heteroatoms. The van der Waals surface area contributed by atoms with Crippen molar-refractivity contribution in [3.63, 3.8) is 0 Å². The van der Waals surface area contributed by atoms with Crippen LogP contribution in [0.15, 0.2) is 53.5 Å². The Kier molecular flexibility index (Phi) is 6.28. The predicted octanol–water partition coefficient (Wildman–Crippen LogP) is 4.16. The third kappa shape index (κ3) is 5.51. The maximum Gasteiger partial charge on any atom is 0.301 e. The van der Waals surface area contributed by atoms with E-state index in [1.807, 2.05) is 44.2 Å². The first-order chi connectivity index (χ1) is 16.8. The van der Waals surface area contributed by atoms with Crippen molar-refractivity contribution in [1.82, 2.24) is 15.3 Å². The van der Waals surface area contributed by atoms with Crippen molar-refractivity contribution in [2.24, 2.45) is 10.9 Å². The number of fused-ring (bicyclic) bond motifs is 1. The molecule has 3 N–H and O–H groups in total. The zero-order chi connectivity index (χ0) is 24.6. The molecule has 0 radical (unpaired) electrons. The molecule has 5 rings (SSSR count). The minimum absolute atomic E-state index is 0.0754. The number of amides is 1. The van der Waals surface area contributed by atoms with Crippen LogP contribution < -0.4 is 26.2 Å². The lowest BCUT2D eigenvalue weighted by atomic mass is 9.94. The van der Waals surface area contributed by atoms with Crippen LogP contribution >= 0.6 is 11.6 Å². The average Bonchev–Trinajstić information content (AvgIpc) is 3.56. The van der Waals surface area contributed by atoms with E-state index in [2.05, 4.69) is 44.9 Å². The Labute approximate surface area is 209 Å². The van der Waals surface area contributed by atoms with Crippen LogP contribution in [0.2, 0.25) is 0 Å². The van der Waals surface area contributed by atoms with Crippen LogP contribution in [-0.2, 0) is 10.3 Å². The van der Waals surface area contributed by atoms with Crippen LogP contribution in [0.25, 0.3) is 6.08 Å². The van der Waals surface area contributed by atoms with Gasteiger partial charge in [0.25, 0.3) is 0 Å². The number of hydrogen-bond donors (Lipinski definition) is 3. The number of imidazole rings is 1. The lowest BCUT2D eigenvalue weighted by molar-refractivity contribution is -0.120. The largest absolute Gasteiger partial charge is 0.426 e. The van der Waals surface area contributed by atoms with Gasteiger partial charge in [0.1, 0.15) is 5.75 Å². The zero-order valence-corrected chi connectivity index (χ0v) is 20.9. The van der Waals surface area contributed by atoms with E-state index < -0.39 is 5.54 Å². The van der Waals surface area contributed by atoms with E-state index in [0.29, 0.717) is 17.2 Å². The lowest BCUT2D eigenvalue weighted by Crippen LogP contribution is -2.39. The summed E-state index contributed by atoms with van der Waals surface area (Å²) in [7, 11) is 0. The van der Waals surface area contributed by atoms with Gasteiger partial charge in [0, 0.05) is 19.2 Å². The molecule has 2 atom stereocenters. The second-order valence-electron chi connectivity index (χ2n) is 9.84. The highest BCUT2D eigenvalue weighted by molar-refractivity contribution is 6.24. The maximum atomic E-state index is 11.5. The molecule has 2 aromatic carbocycles. The topological polar surface area (TPSA) is 91.4 Å². The third-order valence-electron chi connectivity index (χ3n) is 6.40. The Bertz CT molecular complexity index is 1330. The molecule has 1 aliphatic heterocycles. The highest BCUT2D eigenvalue weighted by atomic mass is 35.5. The van der Waals surface area contributed by atoms with Gasteiger partial charge < -0.3 is 20.4 Å². The van der Waals surface area contributed by atoms with Crippen LogP contribution in [0.3, 0.4) is 0 Å². The molecule has 2 heterocycles. The number of alkyl halides is 1. The third-order valence-corrected chi connectivity index (χ3v) is 6.77. The summed E-state index contributed by atoms with van der Waals surface area (Å²) >= 11 is 6.68. The zero-order valence-electron chi connectivity index (χ0n) is 20.1. The Morgan fingerprint density at radius 2 is 1.86 bits per heavy atom. The molecule has 7 nitrogen and oxygen atoms in total. The van der Waals surface area contributed by atoms with Crippen molar-refractivity contribution >= 4 is 29.3 Å². The van der Waals surface area contributed by atoms with Crippen LogP contribution in [0.1, 0.15) is 50.8 Å². The molecule has 0 saturated heterocycles. The predicted molar refractivity (Wildman–Crippen MR) is 137 cm³/mol. The van der Waals surface area contributed by atoms with Gasteiger partial charge in [-0.2, -0.15) is 4.98 Å². The smallest absolute Gasteiger partial charge is 0.301 e. The molecule has 1 aromatic heterocycles. The van der Waals surface area contributed by atoms with Gasteiger partial charge in [-0.1, -0.05) is 24.3 Å². The molecule has 1 saturated carbocycles. The van der Waals surface area contributed by atoms with E-state index >= 15 is 0 Å². The molecular formula is C27H30ClN5O2. The number of nitrogens with one attached hydrogen (secondary N) is 3. The standard InChI is InChI=1S/C27H30ClN5O2/c1-16(34)33-27(2,3)19-8-12-21(13-9-19)35-26-30-23-14-22(28)24(31-25(23)32-26)18-6-10-20(11-7-18)29-15-17-4-5-17/h6-14,17,22,24,29H,4-5,15H2,1-3H3,(H,33,34)(H,30,31,32). The number of rotatable bonds is 8. The summed E-state index contributed by atoms with van der Waals surface area (Å²) in [6.45, 7) is 6.46. The van der Waals surface area contributed by atoms with Gasteiger partial charge in [-0.3, -0.25) is 9.79 Å². The summed E-state index contributed by atoms with van der Waals surface area (Å²) in [4.78, 5) is 24.0.